The Hall–Kier alpha value is -1.30. The first-order valence-electron chi connectivity index (χ1n) is 7.06. The van der Waals surface area contributed by atoms with E-state index in [1.54, 1.807) is 0 Å². The van der Waals surface area contributed by atoms with E-state index in [1.807, 2.05) is 0 Å². The van der Waals surface area contributed by atoms with Gasteiger partial charge in [-0.1, -0.05) is 0 Å². The van der Waals surface area contributed by atoms with Crippen LogP contribution in [0.1, 0.15) is 32.1 Å². The van der Waals surface area contributed by atoms with Crippen LogP contribution < -0.4 is 11.1 Å². The van der Waals surface area contributed by atoms with Gasteiger partial charge in [0.25, 0.3) is 0 Å². The number of urea groups is 1. The molecule has 3 unspecified atom stereocenters. The summed E-state index contributed by atoms with van der Waals surface area (Å²) in [6, 6.07) is -0.448. The lowest BCUT2D eigenvalue weighted by Crippen LogP contribution is -2.47. The molecule has 2 rings (SSSR count). The lowest BCUT2D eigenvalue weighted by molar-refractivity contribution is -0.126. The molecule has 0 spiro atoms. The maximum absolute atomic E-state index is 12.1. The van der Waals surface area contributed by atoms with Crippen LogP contribution in [0.3, 0.4) is 0 Å². The van der Waals surface area contributed by atoms with Crippen LogP contribution in [0.15, 0.2) is 0 Å². The molecule has 1 saturated carbocycles. The molecule has 0 aromatic rings. The highest BCUT2D eigenvalue weighted by Gasteiger charge is 2.28. The van der Waals surface area contributed by atoms with Crippen molar-refractivity contribution < 1.29 is 14.7 Å². The first kappa shape index (κ1) is 14.1. The van der Waals surface area contributed by atoms with Gasteiger partial charge < -0.3 is 21.1 Å². The number of hydrogen-bond donors (Lipinski definition) is 3. The Morgan fingerprint density at radius 1 is 1.32 bits per heavy atom. The molecule has 0 radical (unpaired) electrons. The monoisotopic (exact) mass is 269 g/mol. The molecule has 4 N–H and O–H groups in total. The lowest BCUT2D eigenvalue weighted by Gasteiger charge is -2.30. The molecular weight excluding hydrogens is 246 g/mol. The van der Waals surface area contributed by atoms with Crippen molar-refractivity contribution in [2.45, 2.75) is 38.2 Å². The van der Waals surface area contributed by atoms with Gasteiger partial charge in [-0.2, -0.15) is 0 Å². The molecule has 108 valence electrons. The summed E-state index contributed by atoms with van der Waals surface area (Å²) in [5.74, 6) is 0.245. The molecule has 2 fully saturated rings. The molecule has 3 amide bonds. The highest BCUT2D eigenvalue weighted by Crippen LogP contribution is 2.25. The van der Waals surface area contributed by atoms with Gasteiger partial charge in [0.05, 0.1) is 12.0 Å². The molecule has 1 aliphatic carbocycles. The van der Waals surface area contributed by atoms with Crippen LogP contribution in [-0.4, -0.2) is 47.7 Å². The summed E-state index contributed by atoms with van der Waals surface area (Å²) in [4.78, 5) is 24.7. The van der Waals surface area contributed by atoms with Gasteiger partial charge in [0.2, 0.25) is 5.91 Å². The number of amides is 3. The minimum atomic E-state index is -0.448. The van der Waals surface area contributed by atoms with Gasteiger partial charge in [0.15, 0.2) is 0 Å². The smallest absolute Gasteiger partial charge is 0.314 e. The fourth-order valence-electron chi connectivity index (χ4n) is 3.01. The maximum Gasteiger partial charge on any atom is 0.314 e. The summed E-state index contributed by atoms with van der Waals surface area (Å²) in [5, 5.41) is 12.4. The zero-order valence-corrected chi connectivity index (χ0v) is 11.2. The number of rotatable bonds is 3. The summed E-state index contributed by atoms with van der Waals surface area (Å²) in [5.41, 5.74) is 5.25. The predicted octanol–water partition coefficient (Wildman–Crippen LogP) is 0.0543. The Balaban J connectivity index is 1.74. The molecule has 19 heavy (non-hydrogen) atoms. The van der Waals surface area contributed by atoms with Crippen molar-refractivity contribution in [1.29, 1.82) is 0 Å². The number of aliphatic hydroxyl groups excluding tert-OH is 1. The van der Waals surface area contributed by atoms with Crippen LogP contribution >= 0.6 is 0 Å². The van der Waals surface area contributed by atoms with E-state index in [2.05, 4.69) is 5.32 Å². The molecule has 1 saturated heterocycles. The van der Waals surface area contributed by atoms with E-state index < -0.39 is 6.03 Å². The minimum absolute atomic E-state index is 0.00680. The number of carbonyl (C=O) groups excluding carboxylic acids is 2. The van der Waals surface area contributed by atoms with Gasteiger partial charge in [-0.05, 0) is 38.0 Å². The third-order valence-electron chi connectivity index (χ3n) is 4.18. The molecule has 6 nitrogen and oxygen atoms in total. The minimum Gasteiger partial charge on any atom is -0.393 e. The largest absolute Gasteiger partial charge is 0.393 e. The first-order chi connectivity index (χ1) is 9.06. The van der Waals surface area contributed by atoms with Gasteiger partial charge in [-0.25, -0.2) is 4.79 Å². The van der Waals surface area contributed by atoms with Crippen LogP contribution in [0.25, 0.3) is 0 Å². The second-order valence-electron chi connectivity index (χ2n) is 5.70. The Morgan fingerprint density at radius 3 is 2.74 bits per heavy atom. The lowest BCUT2D eigenvalue weighted by atomic mass is 9.97. The number of likely N-dealkylation sites (tertiary alicyclic amines) is 1. The highest BCUT2D eigenvalue weighted by atomic mass is 16.3. The number of nitrogens with two attached hydrogens (primary N) is 1. The van der Waals surface area contributed by atoms with E-state index >= 15 is 0 Å². The van der Waals surface area contributed by atoms with E-state index in [1.165, 1.54) is 4.90 Å². The van der Waals surface area contributed by atoms with E-state index in [0.717, 1.165) is 32.1 Å². The van der Waals surface area contributed by atoms with Gasteiger partial charge in [-0.15, -0.1) is 0 Å². The normalized spacial score (nSPS) is 31.2. The number of primary amides is 1. The molecule has 6 heteroatoms. The van der Waals surface area contributed by atoms with Gasteiger partial charge in [-0.3, -0.25) is 4.79 Å². The maximum atomic E-state index is 12.1. The van der Waals surface area contributed by atoms with Crippen molar-refractivity contribution in [3.05, 3.63) is 0 Å². The third kappa shape index (κ3) is 3.83. The van der Waals surface area contributed by atoms with Crippen molar-refractivity contribution in [3.8, 4) is 0 Å². The molecule has 0 bridgehead atoms. The van der Waals surface area contributed by atoms with Crippen molar-refractivity contribution >= 4 is 11.9 Å². The average Bonchev–Trinajstić information content (AvgIpc) is 2.82. The Kier molecular flexibility index (Phi) is 4.63. The van der Waals surface area contributed by atoms with Crippen LogP contribution in [0.2, 0.25) is 0 Å². The molecule has 1 heterocycles. The van der Waals surface area contributed by atoms with Gasteiger partial charge in [0, 0.05) is 19.6 Å². The summed E-state index contributed by atoms with van der Waals surface area (Å²) >= 11 is 0. The number of nitrogens with zero attached hydrogens (tertiary/aromatic N) is 1. The van der Waals surface area contributed by atoms with Gasteiger partial charge >= 0.3 is 6.03 Å². The fraction of sp³-hybridized carbons (Fsp3) is 0.846. The van der Waals surface area contributed by atoms with E-state index in [0.29, 0.717) is 25.6 Å². The van der Waals surface area contributed by atoms with Crippen molar-refractivity contribution in [1.82, 2.24) is 10.2 Å². The zero-order chi connectivity index (χ0) is 13.8. The van der Waals surface area contributed by atoms with E-state index in [9.17, 15) is 14.7 Å². The molecule has 1 aliphatic heterocycles. The Bertz CT molecular complexity index is 348. The SMILES string of the molecule is NC(=O)N1CCCC(C(=O)NCC2CCC(O)C2)C1. The number of carbonyl (C=O) groups is 2. The molecule has 2 aliphatic rings. The zero-order valence-electron chi connectivity index (χ0n) is 11.2. The number of piperidine rings is 1. The summed E-state index contributed by atoms with van der Waals surface area (Å²) in [6.45, 7) is 1.70. The highest BCUT2D eigenvalue weighted by molar-refractivity contribution is 5.80. The summed E-state index contributed by atoms with van der Waals surface area (Å²) in [6.07, 6.45) is 4.01. The fourth-order valence-corrected chi connectivity index (χ4v) is 3.01. The standard InChI is InChI=1S/C13H23N3O3/c14-13(19)16-5-1-2-10(8-16)12(18)15-7-9-3-4-11(17)6-9/h9-11,17H,1-8H2,(H2,14,19)(H,15,18). The average molecular weight is 269 g/mol. The molecule has 0 aromatic carbocycles. The second kappa shape index (κ2) is 6.23. The molecular formula is C13H23N3O3. The Morgan fingerprint density at radius 2 is 2.11 bits per heavy atom. The summed E-state index contributed by atoms with van der Waals surface area (Å²) in [7, 11) is 0. The van der Waals surface area contributed by atoms with Crippen molar-refractivity contribution in [2.75, 3.05) is 19.6 Å². The second-order valence-corrected chi connectivity index (χ2v) is 5.70. The van der Waals surface area contributed by atoms with Crippen molar-refractivity contribution in [3.63, 3.8) is 0 Å². The predicted molar refractivity (Wildman–Crippen MR) is 70.2 cm³/mol. The topological polar surface area (TPSA) is 95.7 Å². The number of aliphatic hydroxyl groups is 1. The van der Waals surface area contributed by atoms with E-state index in [4.69, 9.17) is 5.73 Å². The van der Waals surface area contributed by atoms with Crippen LogP contribution in [-0.2, 0) is 4.79 Å². The summed E-state index contributed by atoms with van der Waals surface area (Å²) < 4.78 is 0. The molecule has 0 aromatic heterocycles. The van der Waals surface area contributed by atoms with Crippen molar-refractivity contribution in [2.24, 2.45) is 17.6 Å². The van der Waals surface area contributed by atoms with E-state index in [-0.39, 0.29) is 17.9 Å². The first-order valence-corrected chi connectivity index (χ1v) is 7.06. The van der Waals surface area contributed by atoms with Crippen LogP contribution in [0.5, 0.6) is 0 Å². The number of nitrogens with one attached hydrogen (secondary N) is 1. The third-order valence-corrected chi connectivity index (χ3v) is 4.18. The Labute approximate surface area is 113 Å². The van der Waals surface area contributed by atoms with Crippen LogP contribution in [0.4, 0.5) is 4.79 Å². The molecule has 3 atom stereocenters. The van der Waals surface area contributed by atoms with Gasteiger partial charge in [0.1, 0.15) is 0 Å². The van der Waals surface area contributed by atoms with Crippen LogP contribution in [0, 0.1) is 11.8 Å². The number of hydrogen-bond acceptors (Lipinski definition) is 3. The quantitative estimate of drug-likeness (QED) is 0.675.